The van der Waals surface area contributed by atoms with Crippen LogP contribution in [-0.2, 0) is 13.1 Å². The molecule has 6 nitrogen and oxygen atoms in total. The van der Waals surface area contributed by atoms with Crippen molar-refractivity contribution in [2.24, 2.45) is 4.99 Å². The van der Waals surface area contributed by atoms with Crippen LogP contribution < -0.4 is 15.4 Å². The number of methoxy groups -OCH3 is 1. The molecule has 0 atom stereocenters. The SMILES string of the molecule is CN=C(NCc1cccc(OC)n1)NCc1nc(C(C)C)cs1.I. The van der Waals surface area contributed by atoms with E-state index in [1.54, 1.807) is 25.5 Å². The van der Waals surface area contributed by atoms with Crippen molar-refractivity contribution in [2.75, 3.05) is 14.2 Å². The van der Waals surface area contributed by atoms with Gasteiger partial charge in [0.2, 0.25) is 5.88 Å². The van der Waals surface area contributed by atoms with Gasteiger partial charge in [0.05, 0.1) is 31.6 Å². The summed E-state index contributed by atoms with van der Waals surface area (Å²) in [5.41, 5.74) is 2.03. The summed E-state index contributed by atoms with van der Waals surface area (Å²) in [6, 6.07) is 5.69. The van der Waals surface area contributed by atoms with Crippen LogP contribution in [0.4, 0.5) is 0 Å². The highest BCUT2D eigenvalue weighted by Gasteiger charge is 2.06. The Balaban J connectivity index is 0.00000288. The number of thiazole rings is 1. The van der Waals surface area contributed by atoms with Crippen molar-refractivity contribution < 1.29 is 4.74 Å². The summed E-state index contributed by atoms with van der Waals surface area (Å²) in [6.45, 7) is 5.52. The van der Waals surface area contributed by atoms with Gasteiger partial charge in [0.1, 0.15) is 5.01 Å². The molecule has 0 bridgehead atoms. The second-order valence-electron chi connectivity index (χ2n) is 5.27. The maximum atomic E-state index is 5.12. The highest BCUT2D eigenvalue weighted by molar-refractivity contribution is 14.0. The summed E-state index contributed by atoms with van der Waals surface area (Å²) < 4.78 is 5.12. The number of halogens is 1. The van der Waals surface area contributed by atoms with Gasteiger partial charge in [-0.3, -0.25) is 4.99 Å². The molecule has 0 unspecified atom stereocenters. The molecule has 2 aromatic heterocycles. The molecule has 2 rings (SSSR count). The average molecular weight is 461 g/mol. The highest BCUT2D eigenvalue weighted by Crippen LogP contribution is 2.17. The first-order valence-electron chi connectivity index (χ1n) is 7.51. The van der Waals surface area contributed by atoms with Crippen LogP contribution in [0.15, 0.2) is 28.6 Å². The zero-order chi connectivity index (χ0) is 16.7. The van der Waals surface area contributed by atoms with Crippen molar-refractivity contribution in [3.8, 4) is 5.88 Å². The van der Waals surface area contributed by atoms with Crippen LogP contribution in [0.5, 0.6) is 5.88 Å². The summed E-state index contributed by atoms with van der Waals surface area (Å²) in [5, 5.41) is 9.66. The lowest BCUT2D eigenvalue weighted by Crippen LogP contribution is -2.36. The number of nitrogens with zero attached hydrogens (tertiary/aromatic N) is 3. The van der Waals surface area contributed by atoms with Gasteiger partial charge in [-0.15, -0.1) is 35.3 Å². The number of pyridine rings is 1. The summed E-state index contributed by atoms with van der Waals surface area (Å²) in [5.74, 6) is 1.78. The molecule has 2 N–H and O–H groups in total. The van der Waals surface area contributed by atoms with Crippen molar-refractivity contribution in [3.63, 3.8) is 0 Å². The Kier molecular flexibility index (Phi) is 8.98. The molecule has 0 fully saturated rings. The lowest BCUT2D eigenvalue weighted by Gasteiger charge is -2.11. The van der Waals surface area contributed by atoms with Crippen LogP contribution in [0.25, 0.3) is 0 Å². The molecule has 8 heteroatoms. The number of guanidine groups is 1. The van der Waals surface area contributed by atoms with E-state index in [4.69, 9.17) is 4.74 Å². The minimum Gasteiger partial charge on any atom is -0.481 e. The largest absolute Gasteiger partial charge is 0.481 e. The fourth-order valence-electron chi connectivity index (χ4n) is 1.90. The molecule has 0 saturated heterocycles. The fraction of sp³-hybridized carbons (Fsp3) is 0.438. The Morgan fingerprint density at radius 1 is 1.25 bits per heavy atom. The third-order valence-corrected chi connectivity index (χ3v) is 4.09. The number of hydrogen-bond acceptors (Lipinski definition) is 5. The molecule has 132 valence electrons. The maximum Gasteiger partial charge on any atom is 0.213 e. The number of hydrogen-bond donors (Lipinski definition) is 2. The van der Waals surface area contributed by atoms with Gasteiger partial charge in [-0.05, 0) is 12.0 Å². The monoisotopic (exact) mass is 461 g/mol. The Morgan fingerprint density at radius 3 is 2.62 bits per heavy atom. The smallest absolute Gasteiger partial charge is 0.213 e. The fourth-order valence-corrected chi connectivity index (χ4v) is 2.79. The Labute approximate surface area is 164 Å². The van der Waals surface area contributed by atoms with Crippen LogP contribution in [-0.4, -0.2) is 30.1 Å². The van der Waals surface area contributed by atoms with Crippen LogP contribution in [0.3, 0.4) is 0 Å². The first kappa shape index (κ1) is 20.6. The van der Waals surface area contributed by atoms with Crippen LogP contribution in [0, 0.1) is 0 Å². The van der Waals surface area contributed by atoms with E-state index >= 15 is 0 Å². The van der Waals surface area contributed by atoms with Crippen molar-refractivity contribution in [2.45, 2.75) is 32.9 Å². The lowest BCUT2D eigenvalue weighted by molar-refractivity contribution is 0.396. The van der Waals surface area contributed by atoms with Gasteiger partial charge in [-0.25, -0.2) is 9.97 Å². The molecule has 0 spiro atoms. The van der Waals surface area contributed by atoms with Crippen molar-refractivity contribution in [3.05, 3.63) is 40.0 Å². The van der Waals surface area contributed by atoms with E-state index in [0.29, 0.717) is 24.9 Å². The van der Waals surface area contributed by atoms with E-state index in [0.717, 1.165) is 22.4 Å². The molecule has 2 aromatic rings. The number of ether oxygens (including phenoxy) is 1. The molecule has 0 aromatic carbocycles. The number of aromatic nitrogens is 2. The first-order chi connectivity index (χ1) is 11.1. The third kappa shape index (κ3) is 6.23. The van der Waals surface area contributed by atoms with Gasteiger partial charge >= 0.3 is 0 Å². The van der Waals surface area contributed by atoms with E-state index in [2.05, 4.69) is 44.8 Å². The zero-order valence-corrected chi connectivity index (χ0v) is 17.5. The number of aliphatic imine (C=N–C) groups is 1. The van der Waals surface area contributed by atoms with Gasteiger partial charge in [-0.2, -0.15) is 0 Å². The predicted octanol–water partition coefficient (Wildman–Crippen LogP) is 3.15. The quantitative estimate of drug-likeness (QED) is 0.393. The molecule has 0 saturated carbocycles. The third-order valence-electron chi connectivity index (χ3n) is 3.22. The van der Waals surface area contributed by atoms with Crippen LogP contribution in [0.1, 0.15) is 36.2 Å². The molecule has 24 heavy (non-hydrogen) atoms. The van der Waals surface area contributed by atoms with E-state index < -0.39 is 0 Å². The molecule has 0 aliphatic rings. The molecule has 0 radical (unpaired) electrons. The standard InChI is InChI=1S/C16H23N5OS.HI/c1-11(2)13-10-23-15(21-13)9-19-16(17-3)18-8-12-6-5-7-14(20-12)22-4;/h5-7,10-11H,8-9H2,1-4H3,(H2,17,18,19);1H. The van der Waals surface area contributed by atoms with Gasteiger partial charge in [0, 0.05) is 18.5 Å². The van der Waals surface area contributed by atoms with Gasteiger partial charge < -0.3 is 15.4 Å². The molecule has 0 aliphatic carbocycles. The second-order valence-corrected chi connectivity index (χ2v) is 6.21. The lowest BCUT2D eigenvalue weighted by atomic mass is 10.2. The van der Waals surface area contributed by atoms with Gasteiger partial charge in [0.15, 0.2) is 5.96 Å². The zero-order valence-electron chi connectivity index (χ0n) is 14.4. The van der Waals surface area contributed by atoms with Crippen molar-refractivity contribution in [1.29, 1.82) is 0 Å². The Bertz CT molecular complexity index is 659. The molecule has 0 amide bonds. The van der Waals surface area contributed by atoms with Crippen molar-refractivity contribution >= 4 is 41.3 Å². The van der Waals surface area contributed by atoms with E-state index in [-0.39, 0.29) is 24.0 Å². The summed E-state index contributed by atoms with van der Waals surface area (Å²) in [6.07, 6.45) is 0. The molecule has 0 aliphatic heterocycles. The first-order valence-corrected chi connectivity index (χ1v) is 8.39. The second kappa shape index (κ2) is 10.4. The van der Waals surface area contributed by atoms with Gasteiger partial charge in [0.25, 0.3) is 0 Å². The maximum absolute atomic E-state index is 5.12. The Morgan fingerprint density at radius 2 is 2.00 bits per heavy atom. The van der Waals surface area contributed by atoms with E-state index in [9.17, 15) is 0 Å². The minimum atomic E-state index is 0. The van der Waals surface area contributed by atoms with E-state index in [1.807, 2.05) is 18.2 Å². The van der Waals surface area contributed by atoms with E-state index in [1.165, 1.54) is 0 Å². The highest BCUT2D eigenvalue weighted by atomic mass is 127. The molecular formula is C16H24IN5OS. The average Bonchev–Trinajstić information content (AvgIpc) is 3.04. The Hall–Kier alpha value is -1.42. The number of nitrogens with one attached hydrogen (secondary N) is 2. The molecular weight excluding hydrogens is 437 g/mol. The van der Waals surface area contributed by atoms with Gasteiger partial charge in [-0.1, -0.05) is 19.9 Å². The summed E-state index contributed by atoms with van der Waals surface area (Å²) >= 11 is 1.66. The molecule has 2 heterocycles. The number of rotatable bonds is 6. The topological polar surface area (TPSA) is 71.4 Å². The summed E-state index contributed by atoms with van der Waals surface area (Å²) in [7, 11) is 3.36. The normalized spacial score (nSPS) is 11.1. The minimum absolute atomic E-state index is 0. The summed E-state index contributed by atoms with van der Waals surface area (Å²) in [4.78, 5) is 13.2. The van der Waals surface area contributed by atoms with Crippen LogP contribution >= 0.6 is 35.3 Å². The van der Waals surface area contributed by atoms with Crippen molar-refractivity contribution in [1.82, 2.24) is 20.6 Å². The van der Waals surface area contributed by atoms with Crippen LogP contribution in [0.2, 0.25) is 0 Å². The predicted molar refractivity (Wildman–Crippen MR) is 109 cm³/mol.